The molecule has 2 rings (SSSR count). The number of fused-ring (bicyclic) bond motifs is 1. The maximum atomic E-state index is 11.2. The van der Waals surface area contributed by atoms with Crippen molar-refractivity contribution < 1.29 is 4.79 Å². The van der Waals surface area contributed by atoms with Crippen molar-refractivity contribution in [3.05, 3.63) is 0 Å². The van der Waals surface area contributed by atoms with E-state index in [-0.39, 0.29) is 23.0 Å². The number of ketones is 1. The van der Waals surface area contributed by atoms with E-state index in [1.807, 2.05) is 0 Å². The topological polar surface area (TPSA) is 17.1 Å². The minimum Gasteiger partial charge on any atom is -0.299 e. The Morgan fingerprint density at radius 2 is 2.09 bits per heavy atom. The van der Waals surface area contributed by atoms with Gasteiger partial charge in [0.25, 0.3) is 0 Å². The molecule has 0 aromatic rings. The Morgan fingerprint density at radius 3 is 2.64 bits per heavy atom. The standard InChI is InChI=1S/C7H7Cl3O/c8-6-3-1-2-4(11)5(3)7(6,9)10/h3,5-6H,1-2H2. The van der Waals surface area contributed by atoms with E-state index in [0.717, 1.165) is 6.42 Å². The number of carbonyl (C=O) groups excluding carboxylic acids is 1. The highest BCUT2D eigenvalue weighted by Crippen LogP contribution is 2.60. The van der Waals surface area contributed by atoms with Crippen molar-refractivity contribution in [2.75, 3.05) is 0 Å². The molecule has 0 bridgehead atoms. The molecule has 0 aliphatic heterocycles. The lowest BCUT2D eigenvalue weighted by Gasteiger charge is -2.47. The van der Waals surface area contributed by atoms with Crippen LogP contribution in [-0.2, 0) is 4.79 Å². The van der Waals surface area contributed by atoms with E-state index in [2.05, 4.69) is 0 Å². The molecule has 2 aliphatic rings. The third kappa shape index (κ3) is 0.881. The van der Waals surface area contributed by atoms with Crippen LogP contribution in [0.25, 0.3) is 0 Å². The van der Waals surface area contributed by atoms with Crippen molar-refractivity contribution >= 4 is 40.6 Å². The van der Waals surface area contributed by atoms with Gasteiger partial charge in [0.05, 0.1) is 11.3 Å². The van der Waals surface area contributed by atoms with Crippen molar-refractivity contribution in [3.8, 4) is 0 Å². The molecule has 0 spiro atoms. The van der Waals surface area contributed by atoms with Gasteiger partial charge in [-0.3, -0.25) is 4.79 Å². The van der Waals surface area contributed by atoms with E-state index in [0.29, 0.717) is 6.42 Å². The third-order valence-electron chi connectivity index (χ3n) is 2.66. The van der Waals surface area contributed by atoms with E-state index < -0.39 is 4.33 Å². The highest BCUT2D eigenvalue weighted by Gasteiger charge is 2.65. The van der Waals surface area contributed by atoms with Crippen molar-refractivity contribution in [2.24, 2.45) is 11.8 Å². The first-order valence-corrected chi connectivity index (χ1v) is 4.79. The van der Waals surface area contributed by atoms with Crippen LogP contribution in [0.4, 0.5) is 0 Å². The van der Waals surface area contributed by atoms with Gasteiger partial charge >= 0.3 is 0 Å². The molecule has 2 saturated carbocycles. The summed E-state index contributed by atoms with van der Waals surface area (Å²) in [6.07, 6.45) is 1.46. The van der Waals surface area contributed by atoms with Crippen LogP contribution in [0, 0.1) is 11.8 Å². The molecule has 3 atom stereocenters. The van der Waals surface area contributed by atoms with Crippen LogP contribution in [0.1, 0.15) is 12.8 Å². The lowest BCUT2D eigenvalue weighted by atomic mass is 9.74. The lowest BCUT2D eigenvalue weighted by Crippen LogP contribution is -2.56. The molecule has 0 radical (unpaired) electrons. The first-order valence-electron chi connectivity index (χ1n) is 3.59. The number of rotatable bonds is 0. The average molecular weight is 213 g/mol. The highest BCUT2D eigenvalue weighted by molar-refractivity contribution is 6.55. The second-order valence-corrected chi connectivity index (χ2v) is 5.14. The zero-order valence-electron chi connectivity index (χ0n) is 5.69. The third-order valence-corrected chi connectivity index (χ3v) is 4.49. The SMILES string of the molecule is O=C1CCC2C(Cl)C(Cl)(Cl)C12. The molecular weight excluding hydrogens is 206 g/mol. The van der Waals surface area contributed by atoms with Gasteiger partial charge in [0, 0.05) is 6.42 Å². The molecule has 1 nitrogen and oxygen atoms in total. The van der Waals surface area contributed by atoms with Gasteiger partial charge in [-0.15, -0.1) is 11.6 Å². The van der Waals surface area contributed by atoms with Crippen LogP contribution >= 0.6 is 34.8 Å². The van der Waals surface area contributed by atoms with Crippen LogP contribution in [-0.4, -0.2) is 15.5 Å². The van der Waals surface area contributed by atoms with Crippen LogP contribution in [0.2, 0.25) is 0 Å². The number of hydrogen-bond donors (Lipinski definition) is 0. The number of hydrogen-bond acceptors (Lipinski definition) is 1. The predicted octanol–water partition coefficient (Wildman–Crippen LogP) is 2.38. The minimum absolute atomic E-state index is 0.178. The fourth-order valence-electron chi connectivity index (χ4n) is 2.02. The Bertz CT molecular complexity index is 214. The average Bonchev–Trinajstić information content (AvgIpc) is 2.29. The first kappa shape index (κ1) is 8.15. The van der Waals surface area contributed by atoms with E-state index in [1.165, 1.54) is 0 Å². The fourth-order valence-corrected chi connectivity index (χ4v) is 3.32. The van der Waals surface area contributed by atoms with Crippen LogP contribution in [0.5, 0.6) is 0 Å². The minimum atomic E-state index is -0.986. The summed E-state index contributed by atoms with van der Waals surface area (Å²) in [4.78, 5) is 11.2. The Kier molecular flexibility index (Phi) is 1.69. The van der Waals surface area contributed by atoms with Gasteiger partial charge in [-0.05, 0) is 12.3 Å². The quantitative estimate of drug-likeness (QED) is 0.565. The molecule has 2 fully saturated rings. The summed E-state index contributed by atoms with van der Waals surface area (Å²) in [7, 11) is 0. The normalized spacial score (nSPS) is 46.8. The summed E-state index contributed by atoms with van der Waals surface area (Å²) >= 11 is 17.6. The van der Waals surface area contributed by atoms with E-state index in [9.17, 15) is 4.79 Å². The van der Waals surface area contributed by atoms with E-state index in [4.69, 9.17) is 34.8 Å². The molecule has 4 heteroatoms. The van der Waals surface area contributed by atoms with Crippen LogP contribution < -0.4 is 0 Å². The van der Waals surface area contributed by atoms with Gasteiger partial charge in [0.15, 0.2) is 0 Å². The zero-order valence-corrected chi connectivity index (χ0v) is 7.96. The maximum Gasteiger partial charge on any atom is 0.144 e. The largest absolute Gasteiger partial charge is 0.299 e. The molecule has 0 amide bonds. The second-order valence-electron chi connectivity index (χ2n) is 3.22. The summed E-state index contributed by atoms with van der Waals surface area (Å²) in [5.74, 6) is 0.226. The molecule has 0 N–H and O–H groups in total. The van der Waals surface area contributed by atoms with Gasteiger partial charge in [-0.25, -0.2) is 0 Å². The highest BCUT2D eigenvalue weighted by atomic mass is 35.5. The number of Topliss-reactive ketones (excluding diaryl/α,β-unsaturated/α-hetero) is 1. The molecule has 0 heterocycles. The van der Waals surface area contributed by atoms with Gasteiger partial charge < -0.3 is 0 Å². The smallest absolute Gasteiger partial charge is 0.144 e. The Hall–Kier alpha value is 0.540. The molecule has 0 saturated heterocycles. The Morgan fingerprint density at radius 1 is 1.45 bits per heavy atom. The van der Waals surface area contributed by atoms with Gasteiger partial charge in [-0.1, -0.05) is 23.2 Å². The molecule has 62 valence electrons. The van der Waals surface area contributed by atoms with Crippen molar-refractivity contribution in [1.82, 2.24) is 0 Å². The predicted molar refractivity (Wildman–Crippen MR) is 45.3 cm³/mol. The summed E-state index contributed by atoms with van der Waals surface area (Å²) in [6.45, 7) is 0. The first-order chi connectivity index (χ1) is 5.05. The lowest BCUT2D eigenvalue weighted by molar-refractivity contribution is -0.123. The van der Waals surface area contributed by atoms with E-state index >= 15 is 0 Å². The van der Waals surface area contributed by atoms with Gasteiger partial charge in [-0.2, -0.15) is 0 Å². The fraction of sp³-hybridized carbons (Fsp3) is 0.857. The van der Waals surface area contributed by atoms with Crippen molar-refractivity contribution in [3.63, 3.8) is 0 Å². The number of alkyl halides is 3. The molecule has 0 aromatic heterocycles. The summed E-state index contributed by atoms with van der Waals surface area (Å²) in [6, 6.07) is 0. The van der Waals surface area contributed by atoms with Gasteiger partial charge in [0.1, 0.15) is 10.1 Å². The second kappa shape index (κ2) is 2.27. The molecule has 0 aromatic carbocycles. The Balaban J connectivity index is 2.25. The monoisotopic (exact) mass is 212 g/mol. The zero-order chi connectivity index (χ0) is 8.22. The van der Waals surface area contributed by atoms with E-state index in [1.54, 1.807) is 0 Å². The van der Waals surface area contributed by atoms with Crippen LogP contribution in [0.15, 0.2) is 0 Å². The maximum absolute atomic E-state index is 11.2. The van der Waals surface area contributed by atoms with Crippen LogP contribution in [0.3, 0.4) is 0 Å². The summed E-state index contributed by atoms with van der Waals surface area (Å²) in [5, 5.41) is -0.234. The molecule has 2 aliphatic carbocycles. The molecule has 11 heavy (non-hydrogen) atoms. The van der Waals surface area contributed by atoms with Crippen molar-refractivity contribution in [1.29, 1.82) is 0 Å². The van der Waals surface area contributed by atoms with Gasteiger partial charge in [0.2, 0.25) is 0 Å². The van der Waals surface area contributed by atoms with Crippen molar-refractivity contribution in [2.45, 2.75) is 22.6 Å². The molecule has 3 unspecified atom stereocenters. The molecular formula is C7H7Cl3O. The summed E-state index contributed by atoms with van der Waals surface area (Å²) in [5.41, 5.74) is 0. The number of halogens is 3. The Labute approximate surface area is 80.0 Å². The number of carbonyl (C=O) groups is 1. The summed E-state index contributed by atoms with van der Waals surface area (Å²) < 4.78 is -0.986.